The zero-order valence-electron chi connectivity index (χ0n) is 15.1. The smallest absolute Gasteiger partial charge is 0.0172 e. The molecule has 116 valence electrons. The number of hydrogen-bond acceptors (Lipinski definition) is 0. The molecule has 0 radical (unpaired) electrons. The fraction of sp³-hybridized carbons (Fsp3) is 0.895. The maximum Gasteiger partial charge on any atom is -0.0172 e. The van der Waals surface area contributed by atoms with Gasteiger partial charge >= 0.3 is 0 Å². The third-order valence-electron chi connectivity index (χ3n) is 4.21. The Labute approximate surface area is 124 Å². The Morgan fingerprint density at radius 1 is 1.00 bits per heavy atom. The molecule has 1 saturated carbocycles. The molecule has 0 amide bonds. The number of rotatable bonds is 1. The van der Waals surface area contributed by atoms with Crippen LogP contribution in [0.5, 0.6) is 0 Å². The van der Waals surface area contributed by atoms with Gasteiger partial charge in [-0.25, -0.2) is 0 Å². The molecule has 1 fully saturated rings. The van der Waals surface area contributed by atoms with E-state index >= 15 is 0 Å². The Kier molecular flexibility index (Phi) is 15.7. The van der Waals surface area contributed by atoms with E-state index in [9.17, 15) is 0 Å². The van der Waals surface area contributed by atoms with E-state index < -0.39 is 0 Å². The van der Waals surface area contributed by atoms with E-state index in [2.05, 4.69) is 19.9 Å². The molecule has 19 heavy (non-hydrogen) atoms. The fourth-order valence-electron chi connectivity index (χ4n) is 3.43. The third-order valence-corrected chi connectivity index (χ3v) is 4.21. The van der Waals surface area contributed by atoms with Crippen molar-refractivity contribution in [3.8, 4) is 0 Å². The number of fused-ring (bicyclic) bond motifs is 1. The highest BCUT2D eigenvalue weighted by atomic mass is 14.4. The van der Waals surface area contributed by atoms with Crippen molar-refractivity contribution in [1.82, 2.24) is 0 Å². The predicted octanol–water partition coefficient (Wildman–Crippen LogP) is 7.25. The van der Waals surface area contributed by atoms with Crippen molar-refractivity contribution in [3.63, 3.8) is 0 Å². The number of hydrogen-bond donors (Lipinski definition) is 0. The molecular formula is C19H40. The van der Waals surface area contributed by atoms with Crippen LogP contribution >= 0.6 is 0 Å². The fourth-order valence-corrected chi connectivity index (χ4v) is 3.43. The summed E-state index contributed by atoms with van der Waals surface area (Å²) in [6.07, 6.45) is 11.1. The Hall–Kier alpha value is -0.260. The second-order valence-corrected chi connectivity index (χ2v) is 4.90. The van der Waals surface area contributed by atoms with E-state index in [4.69, 9.17) is 0 Å². The van der Waals surface area contributed by atoms with Gasteiger partial charge < -0.3 is 0 Å². The minimum atomic E-state index is 0.975. The molecule has 0 heterocycles. The minimum absolute atomic E-state index is 0.975. The average molecular weight is 269 g/mol. The molecule has 0 N–H and O–H groups in total. The van der Waals surface area contributed by atoms with Crippen LogP contribution < -0.4 is 0 Å². The molecule has 0 saturated heterocycles. The van der Waals surface area contributed by atoms with E-state index in [1.807, 2.05) is 47.1 Å². The van der Waals surface area contributed by atoms with Gasteiger partial charge in [-0.15, -0.1) is 0 Å². The third kappa shape index (κ3) is 6.63. The van der Waals surface area contributed by atoms with Gasteiger partial charge in [-0.2, -0.15) is 0 Å². The van der Waals surface area contributed by atoms with Crippen LogP contribution in [0.3, 0.4) is 0 Å². The molecule has 2 rings (SSSR count). The summed E-state index contributed by atoms with van der Waals surface area (Å²) in [5.74, 6) is 2.95. The molecule has 0 spiro atoms. The van der Waals surface area contributed by atoms with E-state index in [-0.39, 0.29) is 0 Å². The molecule has 0 heteroatoms. The van der Waals surface area contributed by atoms with Crippen LogP contribution in [0.2, 0.25) is 0 Å². The summed E-state index contributed by atoms with van der Waals surface area (Å²) in [5, 5.41) is 0. The average Bonchev–Trinajstić information content (AvgIpc) is 2.53. The van der Waals surface area contributed by atoms with Crippen LogP contribution in [0.25, 0.3) is 0 Å². The summed E-state index contributed by atoms with van der Waals surface area (Å²) in [5.41, 5.74) is 1.82. The van der Waals surface area contributed by atoms with Crippen molar-refractivity contribution in [1.29, 1.82) is 0 Å². The maximum atomic E-state index is 2.54. The van der Waals surface area contributed by atoms with E-state index in [1.165, 1.54) is 38.5 Å². The summed E-state index contributed by atoms with van der Waals surface area (Å²) in [6.45, 7) is 16.8. The lowest BCUT2D eigenvalue weighted by molar-refractivity contribution is 0.192. The van der Waals surface area contributed by atoms with Gasteiger partial charge in [0.05, 0.1) is 0 Å². The Balaban J connectivity index is 0. The molecule has 0 aliphatic heterocycles. The normalized spacial score (nSPS) is 28.0. The zero-order valence-corrected chi connectivity index (χ0v) is 15.1. The summed E-state index contributed by atoms with van der Waals surface area (Å²) in [4.78, 5) is 0. The molecule has 0 nitrogen and oxygen atoms in total. The van der Waals surface area contributed by atoms with Gasteiger partial charge in [0.15, 0.2) is 0 Å². The van der Waals surface area contributed by atoms with Gasteiger partial charge in [0.1, 0.15) is 0 Å². The minimum Gasteiger partial charge on any atom is -0.0850 e. The SMILES string of the molecule is CC.CC.CC.CCC1C(C)CCC2=CCCCC21. The highest BCUT2D eigenvalue weighted by Crippen LogP contribution is 2.44. The van der Waals surface area contributed by atoms with Crippen LogP contribution in [0.1, 0.15) is 93.9 Å². The van der Waals surface area contributed by atoms with Crippen molar-refractivity contribution in [2.45, 2.75) is 93.9 Å². The van der Waals surface area contributed by atoms with Gasteiger partial charge in [-0.3, -0.25) is 0 Å². The predicted molar refractivity (Wildman–Crippen MR) is 91.6 cm³/mol. The molecule has 0 aromatic carbocycles. The Morgan fingerprint density at radius 2 is 1.58 bits per heavy atom. The van der Waals surface area contributed by atoms with Crippen molar-refractivity contribution in [2.75, 3.05) is 0 Å². The first-order chi connectivity index (χ1) is 9.33. The second kappa shape index (κ2) is 14.2. The highest BCUT2D eigenvalue weighted by molar-refractivity contribution is 5.14. The van der Waals surface area contributed by atoms with Crippen LogP contribution in [0.15, 0.2) is 11.6 Å². The summed E-state index contributed by atoms with van der Waals surface area (Å²) in [7, 11) is 0. The Morgan fingerprint density at radius 3 is 2.11 bits per heavy atom. The molecule has 3 unspecified atom stereocenters. The quantitative estimate of drug-likeness (QED) is 0.439. The molecule has 3 atom stereocenters. The van der Waals surface area contributed by atoms with Crippen LogP contribution in [-0.2, 0) is 0 Å². The van der Waals surface area contributed by atoms with Crippen molar-refractivity contribution in [2.24, 2.45) is 17.8 Å². The van der Waals surface area contributed by atoms with Crippen LogP contribution in [-0.4, -0.2) is 0 Å². The summed E-state index contributed by atoms with van der Waals surface area (Å²) >= 11 is 0. The van der Waals surface area contributed by atoms with E-state index in [1.54, 1.807) is 0 Å². The monoisotopic (exact) mass is 268 g/mol. The van der Waals surface area contributed by atoms with Crippen LogP contribution in [0, 0.1) is 17.8 Å². The van der Waals surface area contributed by atoms with Gasteiger partial charge in [0, 0.05) is 0 Å². The topological polar surface area (TPSA) is 0 Å². The lowest BCUT2D eigenvalue weighted by Gasteiger charge is -2.40. The first-order valence-corrected chi connectivity index (χ1v) is 9.02. The first kappa shape index (κ1) is 21.0. The molecule has 0 bridgehead atoms. The molecule has 0 aromatic heterocycles. The molecule has 0 aromatic rings. The summed E-state index contributed by atoms with van der Waals surface area (Å²) in [6, 6.07) is 0. The van der Waals surface area contributed by atoms with E-state index in [0.717, 1.165) is 17.8 Å². The van der Waals surface area contributed by atoms with Crippen molar-refractivity contribution in [3.05, 3.63) is 11.6 Å². The maximum absolute atomic E-state index is 2.54. The zero-order chi connectivity index (χ0) is 15.3. The summed E-state index contributed by atoms with van der Waals surface area (Å²) < 4.78 is 0. The van der Waals surface area contributed by atoms with Crippen LogP contribution in [0.4, 0.5) is 0 Å². The van der Waals surface area contributed by atoms with Gasteiger partial charge in [-0.1, -0.05) is 73.5 Å². The molecule has 2 aliphatic carbocycles. The largest absolute Gasteiger partial charge is 0.0850 e. The highest BCUT2D eigenvalue weighted by Gasteiger charge is 2.32. The van der Waals surface area contributed by atoms with Gasteiger partial charge in [-0.05, 0) is 49.9 Å². The Bertz CT molecular complexity index is 202. The van der Waals surface area contributed by atoms with Gasteiger partial charge in [0.2, 0.25) is 0 Å². The first-order valence-electron chi connectivity index (χ1n) is 9.02. The second-order valence-electron chi connectivity index (χ2n) is 4.90. The molecule has 2 aliphatic rings. The van der Waals surface area contributed by atoms with Crippen molar-refractivity contribution >= 4 is 0 Å². The van der Waals surface area contributed by atoms with Crippen molar-refractivity contribution < 1.29 is 0 Å². The number of allylic oxidation sites excluding steroid dienone is 2. The lowest BCUT2D eigenvalue weighted by atomic mass is 9.65. The standard InChI is InChI=1S/C13H22.3C2H6/c1-3-12-10(2)8-9-11-6-4-5-7-13(11)12;3*1-2/h6,10,12-13H,3-5,7-9H2,1-2H3;3*1-2H3. The van der Waals surface area contributed by atoms with E-state index in [0.29, 0.717) is 0 Å². The molecular weight excluding hydrogens is 228 g/mol. The lowest BCUT2D eigenvalue weighted by Crippen LogP contribution is -2.29. The van der Waals surface area contributed by atoms with Gasteiger partial charge in [0.25, 0.3) is 0 Å².